The van der Waals surface area contributed by atoms with Crippen molar-refractivity contribution in [3.63, 3.8) is 0 Å². The van der Waals surface area contributed by atoms with Gasteiger partial charge < -0.3 is 21.1 Å². The van der Waals surface area contributed by atoms with Gasteiger partial charge in [0.15, 0.2) is 11.6 Å². The summed E-state index contributed by atoms with van der Waals surface area (Å²) >= 11 is 0. The second-order valence-electron chi connectivity index (χ2n) is 5.85. The number of nitrogens with zero attached hydrogens (tertiary/aromatic N) is 3. The Kier molecular flexibility index (Phi) is 4.40. The van der Waals surface area contributed by atoms with Gasteiger partial charge in [-0.1, -0.05) is 24.3 Å². The first-order valence-corrected chi connectivity index (χ1v) is 8.37. The molecule has 0 radical (unpaired) electrons. The van der Waals surface area contributed by atoms with E-state index < -0.39 is 0 Å². The first kappa shape index (κ1) is 16.6. The standard InChI is InChI=1S/C20H18N6O/c1-27-15-8-3-7-14(11-15)25-19-17(21)20(24-12-23-19)26-16-9-2-5-13-6-4-10-22-18(13)16/h2-12H,21H2,1H3,(H2,23,24,25,26). The summed E-state index contributed by atoms with van der Waals surface area (Å²) in [5.74, 6) is 1.76. The van der Waals surface area contributed by atoms with Crippen molar-refractivity contribution in [1.82, 2.24) is 15.0 Å². The van der Waals surface area contributed by atoms with E-state index in [1.807, 2.05) is 54.6 Å². The number of rotatable bonds is 5. The van der Waals surface area contributed by atoms with Crippen molar-refractivity contribution in [1.29, 1.82) is 0 Å². The number of anilines is 5. The topological polar surface area (TPSA) is 98.0 Å². The lowest BCUT2D eigenvalue weighted by Crippen LogP contribution is -2.05. The zero-order valence-electron chi connectivity index (χ0n) is 14.7. The molecule has 0 aliphatic rings. The fourth-order valence-electron chi connectivity index (χ4n) is 2.76. The summed E-state index contributed by atoms with van der Waals surface area (Å²) in [5, 5.41) is 7.49. The van der Waals surface area contributed by atoms with Crippen molar-refractivity contribution in [2.24, 2.45) is 0 Å². The van der Waals surface area contributed by atoms with Gasteiger partial charge in [-0.05, 0) is 24.3 Å². The molecule has 27 heavy (non-hydrogen) atoms. The molecular weight excluding hydrogens is 340 g/mol. The highest BCUT2D eigenvalue weighted by Gasteiger charge is 2.11. The molecule has 0 saturated carbocycles. The molecule has 4 aromatic rings. The molecule has 2 aromatic carbocycles. The maximum absolute atomic E-state index is 6.29. The third kappa shape index (κ3) is 3.43. The smallest absolute Gasteiger partial charge is 0.159 e. The number of benzene rings is 2. The molecule has 0 aliphatic carbocycles. The van der Waals surface area contributed by atoms with Gasteiger partial charge in [0.1, 0.15) is 17.8 Å². The van der Waals surface area contributed by atoms with Gasteiger partial charge in [0.2, 0.25) is 0 Å². The summed E-state index contributed by atoms with van der Waals surface area (Å²) in [7, 11) is 1.62. The quantitative estimate of drug-likeness (QED) is 0.494. The van der Waals surface area contributed by atoms with Gasteiger partial charge in [-0.15, -0.1) is 0 Å². The summed E-state index contributed by atoms with van der Waals surface area (Å²) in [6.45, 7) is 0. The van der Waals surface area contributed by atoms with E-state index in [0.29, 0.717) is 17.3 Å². The Morgan fingerprint density at radius 1 is 0.889 bits per heavy atom. The van der Waals surface area contributed by atoms with Crippen molar-refractivity contribution in [2.45, 2.75) is 0 Å². The van der Waals surface area contributed by atoms with Gasteiger partial charge in [0, 0.05) is 23.3 Å². The van der Waals surface area contributed by atoms with Crippen molar-refractivity contribution in [3.8, 4) is 5.75 Å². The number of hydrogen-bond acceptors (Lipinski definition) is 7. The number of methoxy groups -OCH3 is 1. The summed E-state index contributed by atoms with van der Waals surface area (Å²) < 4.78 is 5.24. The average molecular weight is 358 g/mol. The van der Waals surface area contributed by atoms with E-state index >= 15 is 0 Å². The Balaban J connectivity index is 1.65. The van der Waals surface area contributed by atoms with E-state index in [1.54, 1.807) is 13.3 Å². The fourth-order valence-corrected chi connectivity index (χ4v) is 2.76. The monoisotopic (exact) mass is 358 g/mol. The van der Waals surface area contributed by atoms with Crippen LogP contribution >= 0.6 is 0 Å². The molecule has 4 rings (SSSR count). The molecule has 0 aliphatic heterocycles. The molecule has 0 atom stereocenters. The van der Waals surface area contributed by atoms with E-state index in [2.05, 4.69) is 25.6 Å². The van der Waals surface area contributed by atoms with Crippen LogP contribution in [0.15, 0.2) is 67.1 Å². The molecule has 0 saturated heterocycles. The van der Waals surface area contributed by atoms with Crippen molar-refractivity contribution in [3.05, 3.63) is 67.1 Å². The first-order valence-electron chi connectivity index (χ1n) is 8.37. The number of ether oxygens (including phenoxy) is 1. The van der Waals surface area contributed by atoms with E-state index in [9.17, 15) is 0 Å². The van der Waals surface area contributed by atoms with Crippen LogP contribution in [0.5, 0.6) is 5.75 Å². The number of fused-ring (bicyclic) bond motifs is 1. The summed E-state index contributed by atoms with van der Waals surface area (Å²) in [5.41, 5.74) is 9.19. The van der Waals surface area contributed by atoms with E-state index in [0.717, 1.165) is 28.0 Å². The van der Waals surface area contributed by atoms with Crippen LogP contribution in [-0.4, -0.2) is 22.1 Å². The lowest BCUT2D eigenvalue weighted by molar-refractivity contribution is 0.415. The van der Waals surface area contributed by atoms with Gasteiger partial charge in [-0.2, -0.15) is 0 Å². The number of para-hydroxylation sites is 1. The average Bonchev–Trinajstić information content (AvgIpc) is 2.71. The normalized spacial score (nSPS) is 10.6. The predicted molar refractivity (Wildman–Crippen MR) is 108 cm³/mol. The van der Waals surface area contributed by atoms with Crippen LogP contribution in [0.4, 0.5) is 28.7 Å². The van der Waals surface area contributed by atoms with E-state index in [-0.39, 0.29) is 0 Å². The van der Waals surface area contributed by atoms with Crippen LogP contribution in [0.2, 0.25) is 0 Å². The Morgan fingerprint density at radius 3 is 2.52 bits per heavy atom. The molecule has 0 bridgehead atoms. The molecule has 7 nitrogen and oxygen atoms in total. The zero-order chi connectivity index (χ0) is 18.6. The minimum atomic E-state index is 0.410. The van der Waals surface area contributed by atoms with Gasteiger partial charge in [-0.3, -0.25) is 4.98 Å². The number of pyridine rings is 1. The second-order valence-corrected chi connectivity index (χ2v) is 5.85. The third-order valence-electron chi connectivity index (χ3n) is 4.10. The highest BCUT2D eigenvalue weighted by atomic mass is 16.5. The van der Waals surface area contributed by atoms with Gasteiger partial charge >= 0.3 is 0 Å². The minimum Gasteiger partial charge on any atom is -0.497 e. The second kappa shape index (κ2) is 7.17. The number of nitrogens with two attached hydrogens (primary N) is 1. The van der Waals surface area contributed by atoms with Crippen LogP contribution in [0.1, 0.15) is 0 Å². The Hall–Kier alpha value is -3.87. The van der Waals surface area contributed by atoms with Crippen LogP contribution in [0.3, 0.4) is 0 Å². The Labute approximate surface area is 156 Å². The van der Waals surface area contributed by atoms with Gasteiger partial charge in [0.25, 0.3) is 0 Å². The minimum absolute atomic E-state index is 0.410. The SMILES string of the molecule is COc1cccc(Nc2ncnc(Nc3cccc4cccnc34)c2N)c1. The third-order valence-corrected chi connectivity index (χ3v) is 4.10. The largest absolute Gasteiger partial charge is 0.497 e. The van der Waals surface area contributed by atoms with Gasteiger partial charge in [-0.25, -0.2) is 9.97 Å². The molecule has 134 valence electrons. The number of nitrogens with one attached hydrogen (secondary N) is 2. The number of aromatic nitrogens is 3. The molecule has 2 aromatic heterocycles. The van der Waals surface area contributed by atoms with Crippen LogP contribution < -0.4 is 21.1 Å². The maximum Gasteiger partial charge on any atom is 0.159 e. The highest BCUT2D eigenvalue weighted by Crippen LogP contribution is 2.31. The molecule has 0 amide bonds. The molecule has 4 N–H and O–H groups in total. The summed E-state index contributed by atoms with van der Waals surface area (Å²) in [6, 6.07) is 17.3. The molecular formula is C20H18N6O. The lowest BCUT2D eigenvalue weighted by atomic mass is 10.2. The highest BCUT2D eigenvalue weighted by molar-refractivity contribution is 5.93. The molecule has 2 heterocycles. The molecule has 0 spiro atoms. The molecule has 7 heteroatoms. The van der Waals surface area contributed by atoms with Crippen molar-refractivity contribution >= 4 is 39.6 Å². The zero-order valence-corrected chi connectivity index (χ0v) is 14.7. The van der Waals surface area contributed by atoms with E-state index in [4.69, 9.17) is 10.5 Å². The summed E-state index contributed by atoms with van der Waals surface area (Å²) in [6.07, 6.45) is 3.21. The molecule has 0 unspecified atom stereocenters. The maximum atomic E-state index is 6.29. The first-order chi connectivity index (χ1) is 13.2. The fraction of sp³-hybridized carbons (Fsp3) is 0.0500. The van der Waals surface area contributed by atoms with Crippen molar-refractivity contribution < 1.29 is 4.74 Å². The Morgan fingerprint density at radius 2 is 1.67 bits per heavy atom. The van der Waals surface area contributed by atoms with Gasteiger partial charge in [0.05, 0.1) is 18.3 Å². The van der Waals surface area contributed by atoms with Crippen molar-refractivity contribution in [2.75, 3.05) is 23.5 Å². The summed E-state index contributed by atoms with van der Waals surface area (Å²) in [4.78, 5) is 13.0. The molecule has 0 fully saturated rings. The number of hydrogen-bond donors (Lipinski definition) is 3. The van der Waals surface area contributed by atoms with Crippen LogP contribution in [0, 0.1) is 0 Å². The van der Waals surface area contributed by atoms with Crippen LogP contribution in [-0.2, 0) is 0 Å². The lowest BCUT2D eigenvalue weighted by Gasteiger charge is -2.14. The Bertz CT molecular complexity index is 1090. The number of nitrogen functional groups attached to an aromatic ring is 1. The predicted octanol–water partition coefficient (Wildman–Crippen LogP) is 4.10. The van der Waals surface area contributed by atoms with E-state index in [1.165, 1.54) is 6.33 Å². The van der Waals surface area contributed by atoms with Crippen LogP contribution in [0.25, 0.3) is 10.9 Å².